The highest BCUT2D eigenvalue weighted by molar-refractivity contribution is 6.29. The van der Waals surface area contributed by atoms with Gasteiger partial charge in [-0.3, -0.25) is 0 Å². The molecule has 3 aromatic rings. The van der Waals surface area contributed by atoms with Crippen LogP contribution in [0.3, 0.4) is 0 Å². The van der Waals surface area contributed by atoms with E-state index >= 15 is 0 Å². The standard InChI is InChI=1S/C23H23ClN6O2/c1-12-9-15(13(2)27-16-3-4-19(24)29-22(16)23(31)32)21-17(10-12)28-18(11-25)20(30-21)14-5-7-26-8-6-14/h3-4,9-10,13-14,26-27H,5-8H2,1-2H3,(H,31,32)/t13-/m1/s1. The number of aromatic nitrogens is 3. The number of hydrogen-bond acceptors (Lipinski definition) is 7. The van der Waals surface area contributed by atoms with Crippen molar-refractivity contribution in [2.45, 2.75) is 38.6 Å². The van der Waals surface area contributed by atoms with E-state index in [2.05, 4.69) is 26.7 Å². The van der Waals surface area contributed by atoms with E-state index in [1.54, 1.807) is 12.1 Å². The van der Waals surface area contributed by atoms with Crippen LogP contribution in [0, 0.1) is 18.3 Å². The molecule has 1 fully saturated rings. The normalized spacial score (nSPS) is 15.3. The minimum Gasteiger partial charge on any atom is -0.476 e. The topological polar surface area (TPSA) is 124 Å². The molecule has 0 spiro atoms. The van der Waals surface area contributed by atoms with Crippen LogP contribution in [0.4, 0.5) is 5.69 Å². The van der Waals surface area contributed by atoms with Gasteiger partial charge in [-0.05, 0) is 63.5 Å². The van der Waals surface area contributed by atoms with Crippen molar-refractivity contribution in [1.29, 1.82) is 5.26 Å². The summed E-state index contributed by atoms with van der Waals surface area (Å²) in [6.07, 6.45) is 1.81. The van der Waals surface area contributed by atoms with Crippen molar-refractivity contribution in [3.8, 4) is 6.07 Å². The highest BCUT2D eigenvalue weighted by Crippen LogP contribution is 2.32. The molecule has 9 heteroatoms. The maximum atomic E-state index is 11.6. The Morgan fingerprint density at radius 1 is 1.28 bits per heavy atom. The van der Waals surface area contributed by atoms with Gasteiger partial charge in [-0.25, -0.2) is 19.7 Å². The summed E-state index contributed by atoms with van der Waals surface area (Å²) in [5.41, 5.74) is 4.53. The molecule has 0 radical (unpaired) electrons. The van der Waals surface area contributed by atoms with E-state index in [4.69, 9.17) is 16.6 Å². The zero-order valence-electron chi connectivity index (χ0n) is 17.8. The average molecular weight is 451 g/mol. The lowest BCUT2D eigenvalue weighted by Crippen LogP contribution is -2.27. The molecule has 0 saturated carbocycles. The molecule has 32 heavy (non-hydrogen) atoms. The summed E-state index contributed by atoms with van der Waals surface area (Å²) >= 11 is 5.88. The lowest BCUT2D eigenvalue weighted by atomic mass is 9.92. The number of hydrogen-bond donors (Lipinski definition) is 3. The Bertz CT molecular complexity index is 1230. The number of carboxylic acids is 1. The van der Waals surface area contributed by atoms with Gasteiger partial charge in [-0.2, -0.15) is 5.26 Å². The summed E-state index contributed by atoms with van der Waals surface area (Å²) in [6, 6.07) is 9.01. The fourth-order valence-corrected chi connectivity index (χ4v) is 4.31. The number of nitriles is 1. The van der Waals surface area contributed by atoms with Crippen molar-refractivity contribution >= 4 is 34.3 Å². The van der Waals surface area contributed by atoms with Gasteiger partial charge in [0, 0.05) is 11.5 Å². The Morgan fingerprint density at radius 2 is 2.03 bits per heavy atom. The molecule has 1 aromatic carbocycles. The fourth-order valence-electron chi connectivity index (χ4n) is 4.16. The third-order valence-corrected chi connectivity index (χ3v) is 5.92. The largest absolute Gasteiger partial charge is 0.476 e. The Balaban J connectivity index is 1.80. The Kier molecular flexibility index (Phi) is 6.21. The average Bonchev–Trinajstić information content (AvgIpc) is 2.79. The number of rotatable bonds is 5. The molecule has 0 bridgehead atoms. The quantitative estimate of drug-likeness (QED) is 0.494. The number of halogens is 1. The molecule has 8 nitrogen and oxygen atoms in total. The van der Waals surface area contributed by atoms with Crippen molar-refractivity contribution in [1.82, 2.24) is 20.3 Å². The molecule has 1 aliphatic heterocycles. The highest BCUT2D eigenvalue weighted by Gasteiger charge is 2.24. The van der Waals surface area contributed by atoms with Crippen molar-refractivity contribution in [2.75, 3.05) is 18.4 Å². The van der Waals surface area contributed by atoms with Gasteiger partial charge in [0.2, 0.25) is 0 Å². The summed E-state index contributed by atoms with van der Waals surface area (Å²) in [7, 11) is 0. The predicted octanol–water partition coefficient (Wildman–Crippen LogP) is 4.20. The molecule has 0 unspecified atom stereocenters. The third kappa shape index (κ3) is 4.35. The summed E-state index contributed by atoms with van der Waals surface area (Å²) in [4.78, 5) is 25.1. The molecule has 4 rings (SSSR count). The second kappa shape index (κ2) is 9.07. The number of pyridine rings is 1. The maximum Gasteiger partial charge on any atom is 0.356 e. The van der Waals surface area contributed by atoms with E-state index in [9.17, 15) is 15.2 Å². The maximum absolute atomic E-state index is 11.6. The molecular weight excluding hydrogens is 428 g/mol. The van der Waals surface area contributed by atoms with Crippen LogP contribution in [0.25, 0.3) is 11.0 Å². The number of carboxylic acid groups (broad SMARTS) is 1. The van der Waals surface area contributed by atoms with E-state index in [0.717, 1.165) is 42.8 Å². The number of piperidine rings is 1. The molecule has 3 N–H and O–H groups in total. The number of nitrogens with zero attached hydrogens (tertiary/aromatic N) is 4. The van der Waals surface area contributed by atoms with Gasteiger partial charge in [-0.15, -0.1) is 0 Å². The minimum absolute atomic E-state index is 0.114. The summed E-state index contributed by atoms with van der Waals surface area (Å²) in [6.45, 7) is 5.65. The Morgan fingerprint density at radius 3 is 2.72 bits per heavy atom. The molecule has 1 atom stereocenters. The predicted molar refractivity (Wildman–Crippen MR) is 122 cm³/mol. The first-order valence-corrected chi connectivity index (χ1v) is 10.8. The molecule has 164 valence electrons. The van der Waals surface area contributed by atoms with Gasteiger partial charge >= 0.3 is 5.97 Å². The van der Waals surface area contributed by atoms with Gasteiger partial charge in [0.15, 0.2) is 11.4 Å². The van der Waals surface area contributed by atoms with Crippen LogP contribution in [0.2, 0.25) is 5.15 Å². The van der Waals surface area contributed by atoms with Gasteiger partial charge in [0.05, 0.1) is 28.5 Å². The van der Waals surface area contributed by atoms with Crippen molar-refractivity contribution in [3.63, 3.8) is 0 Å². The molecule has 3 heterocycles. The number of aryl methyl sites for hydroxylation is 1. The fraction of sp³-hybridized carbons (Fsp3) is 0.348. The van der Waals surface area contributed by atoms with Crippen LogP contribution in [0.1, 0.15) is 64.7 Å². The van der Waals surface area contributed by atoms with Gasteiger partial charge in [0.25, 0.3) is 0 Å². The SMILES string of the molecule is Cc1cc([C@@H](C)Nc2ccc(Cl)nc2C(=O)O)c2nc(C3CCNCC3)c(C#N)nc2c1. The van der Waals surface area contributed by atoms with E-state index in [1.165, 1.54) is 0 Å². The molecule has 2 aromatic heterocycles. The number of carbonyl (C=O) groups is 1. The monoisotopic (exact) mass is 450 g/mol. The third-order valence-electron chi connectivity index (χ3n) is 5.70. The Labute approximate surface area is 190 Å². The molecule has 0 amide bonds. The smallest absolute Gasteiger partial charge is 0.356 e. The van der Waals surface area contributed by atoms with Crippen LogP contribution in [-0.2, 0) is 0 Å². The first kappa shape index (κ1) is 21.9. The highest BCUT2D eigenvalue weighted by atomic mass is 35.5. The molecule has 1 aliphatic rings. The number of fused-ring (bicyclic) bond motifs is 1. The summed E-state index contributed by atoms with van der Waals surface area (Å²) in [5.74, 6) is -0.984. The van der Waals surface area contributed by atoms with Crippen LogP contribution in [-0.4, -0.2) is 39.1 Å². The number of benzene rings is 1. The van der Waals surface area contributed by atoms with Crippen LogP contribution >= 0.6 is 11.6 Å². The van der Waals surface area contributed by atoms with Gasteiger partial charge in [0.1, 0.15) is 11.2 Å². The lowest BCUT2D eigenvalue weighted by Gasteiger charge is -2.24. The van der Waals surface area contributed by atoms with Gasteiger partial charge in [-0.1, -0.05) is 17.7 Å². The first-order chi connectivity index (χ1) is 15.4. The zero-order valence-corrected chi connectivity index (χ0v) is 18.6. The summed E-state index contributed by atoms with van der Waals surface area (Å²) in [5, 5.41) is 25.9. The molecule has 1 saturated heterocycles. The number of nitrogens with one attached hydrogen (secondary N) is 2. The zero-order chi connectivity index (χ0) is 22.8. The number of aromatic carboxylic acids is 1. The van der Waals surface area contributed by atoms with Crippen LogP contribution in [0.15, 0.2) is 24.3 Å². The minimum atomic E-state index is -1.16. The first-order valence-electron chi connectivity index (χ1n) is 10.5. The lowest BCUT2D eigenvalue weighted by molar-refractivity contribution is 0.0691. The molecular formula is C23H23ClN6O2. The summed E-state index contributed by atoms with van der Waals surface area (Å²) < 4.78 is 0. The van der Waals surface area contributed by atoms with E-state index in [-0.39, 0.29) is 22.8 Å². The van der Waals surface area contributed by atoms with Crippen molar-refractivity contribution in [3.05, 3.63) is 57.6 Å². The number of anilines is 1. The van der Waals surface area contributed by atoms with Crippen molar-refractivity contribution in [2.24, 2.45) is 0 Å². The molecule has 0 aliphatic carbocycles. The van der Waals surface area contributed by atoms with E-state index in [1.807, 2.05) is 26.0 Å². The van der Waals surface area contributed by atoms with Crippen LogP contribution in [0.5, 0.6) is 0 Å². The second-order valence-corrected chi connectivity index (χ2v) is 8.40. The Hall–Kier alpha value is -3.28. The van der Waals surface area contributed by atoms with E-state index in [0.29, 0.717) is 22.4 Å². The van der Waals surface area contributed by atoms with Crippen LogP contribution < -0.4 is 10.6 Å². The van der Waals surface area contributed by atoms with Crippen molar-refractivity contribution < 1.29 is 9.90 Å². The second-order valence-electron chi connectivity index (χ2n) is 8.02. The van der Waals surface area contributed by atoms with Gasteiger partial charge < -0.3 is 15.7 Å². The van der Waals surface area contributed by atoms with E-state index < -0.39 is 5.97 Å².